The van der Waals surface area contributed by atoms with Crippen molar-refractivity contribution in [2.75, 3.05) is 63.2 Å². The SMILES string of the molecule is COC[C@@H](C(=O)O[C@@H]1C/C=C/C=C/C(=O)O[C@H]([C@H](C)[C@H](O)[C@H](C)CC[C@@H](OC(=O)[C@H](C)N(C)C)[C@H](C)[C@H](OC(C)=O)[C@@H](C)/C=C/N(C)C=O)C/C=C/[C@H](OC)C[C@@H](C)C/C=C(\C)[C@H](OC)CC[C@H](C)[C@@H](O)[C@H]1C)N(C)C. The average molecular weight is 1080 g/mol. The van der Waals surface area contributed by atoms with E-state index in [9.17, 15) is 34.2 Å². The Morgan fingerprint density at radius 2 is 1.54 bits per heavy atom. The van der Waals surface area contributed by atoms with Crippen molar-refractivity contribution in [2.24, 2.45) is 41.4 Å². The summed E-state index contributed by atoms with van der Waals surface area (Å²) in [5.74, 6) is -4.21. The topological polar surface area (TPSA) is 200 Å². The number of cyclic esters (lactones) is 1. The Balaban J connectivity index is 3.70. The minimum Gasteiger partial charge on any atom is -0.462 e. The summed E-state index contributed by atoms with van der Waals surface area (Å²) < 4.78 is 41.5. The first-order valence-electron chi connectivity index (χ1n) is 27.3. The Bertz CT molecular complexity index is 1870. The molecule has 1 rings (SSSR count). The molecule has 1 aliphatic heterocycles. The first kappa shape index (κ1) is 69.8. The van der Waals surface area contributed by atoms with Gasteiger partial charge in [0.2, 0.25) is 6.41 Å². The van der Waals surface area contributed by atoms with Crippen molar-refractivity contribution in [3.05, 3.63) is 60.4 Å². The predicted molar refractivity (Wildman–Crippen MR) is 297 cm³/mol. The lowest BCUT2D eigenvalue weighted by Gasteiger charge is -2.35. The van der Waals surface area contributed by atoms with Gasteiger partial charge in [-0.15, -0.1) is 0 Å². The Hall–Kier alpha value is -4.23. The Labute approximate surface area is 457 Å². The molecule has 0 radical (unpaired) electrons. The van der Waals surface area contributed by atoms with Crippen LogP contribution in [0.1, 0.15) is 121 Å². The second-order valence-electron chi connectivity index (χ2n) is 21.9. The molecule has 0 aromatic rings. The molecule has 1 heterocycles. The fourth-order valence-electron chi connectivity index (χ4n) is 9.39. The van der Waals surface area contributed by atoms with E-state index < -0.39 is 90.3 Å². The third-order valence-corrected chi connectivity index (χ3v) is 15.2. The molecule has 0 bridgehead atoms. The average Bonchev–Trinajstić information content (AvgIpc) is 3.38. The summed E-state index contributed by atoms with van der Waals surface area (Å²) in [4.78, 5) is 69.3. The molecule has 17 nitrogen and oxygen atoms in total. The van der Waals surface area contributed by atoms with Gasteiger partial charge >= 0.3 is 23.9 Å². The predicted octanol–water partition coefficient (Wildman–Crippen LogP) is 7.74. The van der Waals surface area contributed by atoms with Gasteiger partial charge in [0, 0.05) is 84.1 Å². The summed E-state index contributed by atoms with van der Waals surface area (Å²) in [6.45, 7) is 18.8. The summed E-state index contributed by atoms with van der Waals surface area (Å²) >= 11 is 0. The minimum atomic E-state index is -0.973. The summed E-state index contributed by atoms with van der Waals surface area (Å²) in [6.07, 6.45) is 15.5. The van der Waals surface area contributed by atoms with Crippen LogP contribution >= 0.6 is 0 Å². The van der Waals surface area contributed by atoms with Crippen LogP contribution < -0.4 is 0 Å². The molecule has 0 unspecified atom stereocenters. The Morgan fingerprint density at radius 3 is 2.12 bits per heavy atom. The van der Waals surface area contributed by atoms with E-state index in [2.05, 4.69) is 19.9 Å². The summed E-state index contributed by atoms with van der Waals surface area (Å²) in [5.41, 5.74) is 1.10. The number of allylic oxidation sites excluding steroid dienone is 3. The fourth-order valence-corrected chi connectivity index (χ4v) is 9.39. The summed E-state index contributed by atoms with van der Waals surface area (Å²) in [7, 11) is 13.6. The number of rotatable bonds is 23. The highest BCUT2D eigenvalue weighted by Crippen LogP contribution is 2.32. The van der Waals surface area contributed by atoms with Crippen molar-refractivity contribution in [3.8, 4) is 0 Å². The molecular formula is C59H101N3O14. The molecule has 2 N–H and O–H groups in total. The van der Waals surface area contributed by atoms with Gasteiger partial charge in [0.15, 0.2) is 0 Å². The standard InChI is InChI=1S/C59H101N3O14/c1-38-27-28-39(2)50(72-18)31-29-40(3)56(67)44(7)52(76-59(69)49(36-70-16)61(13)14)24-20-19-21-26-54(65)74-51(25-22-23-48(35-38)71-17)43(6)55(66)41(4)30-32-53(75-58(68)46(9)60(11)12)45(8)57(73-47(10)64)42(5)33-34-62(15)37-63/h19-23,26,28,33-34,37-38,40-46,48-53,55-57,66-67H,24-25,27,29-32,35-36H2,1-18H3/b20-19+,23-22+,26-21+,34-33+,39-28+/t38-,40-,41+,42-,43-,44-,45-,46-,48-,49-,50+,51-,52+,53+,55+,56+,57+/m0/s1. The molecule has 0 fully saturated rings. The van der Waals surface area contributed by atoms with Crippen molar-refractivity contribution in [1.29, 1.82) is 0 Å². The van der Waals surface area contributed by atoms with Crippen LogP contribution in [0, 0.1) is 41.4 Å². The molecule has 436 valence electrons. The maximum atomic E-state index is 13.6. The van der Waals surface area contributed by atoms with Gasteiger partial charge in [0.25, 0.3) is 0 Å². The van der Waals surface area contributed by atoms with Gasteiger partial charge in [0.05, 0.1) is 31.0 Å². The lowest BCUT2D eigenvalue weighted by atomic mass is 9.82. The Morgan fingerprint density at radius 1 is 0.868 bits per heavy atom. The van der Waals surface area contributed by atoms with Crippen LogP contribution in [0.3, 0.4) is 0 Å². The molecule has 1 aliphatic rings. The van der Waals surface area contributed by atoms with Crippen molar-refractivity contribution in [2.45, 2.75) is 182 Å². The van der Waals surface area contributed by atoms with E-state index in [-0.39, 0.29) is 55.3 Å². The molecule has 76 heavy (non-hydrogen) atoms. The molecular weight excluding hydrogens is 975 g/mol. The smallest absolute Gasteiger partial charge is 0.331 e. The monoisotopic (exact) mass is 1080 g/mol. The van der Waals surface area contributed by atoms with Crippen LogP contribution in [0.5, 0.6) is 0 Å². The third kappa shape index (κ3) is 25.1. The van der Waals surface area contributed by atoms with E-state index >= 15 is 0 Å². The third-order valence-electron chi connectivity index (χ3n) is 15.2. The number of carbonyl (C=O) groups is 5. The molecule has 1 amide bonds. The molecule has 17 heteroatoms. The number of carbonyl (C=O) groups excluding carboxylic acids is 5. The highest BCUT2D eigenvalue weighted by atomic mass is 16.6. The fraction of sp³-hybridized carbons (Fsp3) is 0.746. The van der Waals surface area contributed by atoms with Gasteiger partial charge in [-0.25, -0.2) is 4.79 Å². The lowest BCUT2D eigenvalue weighted by Crippen LogP contribution is -2.44. The number of aliphatic hydroxyl groups is 2. The van der Waals surface area contributed by atoms with E-state index in [1.54, 1.807) is 96.7 Å². The minimum absolute atomic E-state index is 0.129. The van der Waals surface area contributed by atoms with Gasteiger partial charge in [-0.2, -0.15) is 0 Å². The zero-order valence-corrected chi connectivity index (χ0v) is 49.6. The lowest BCUT2D eigenvalue weighted by molar-refractivity contribution is -0.166. The quantitative estimate of drug-likeness (QED) is 0.0435. The number of aliphatic hydroxyl groups excluding tert-OH is 2. The number of likely N-dealkylation sites (N-methyl/N-ethyl adjacent to an activating group) is 2. The van der Waals surface area contributed by atoms with E-state index in [0.717, 1.165) is 18.4 Å². The molecule has 0 aliphatic carbocycles. The number of methoxy groups -OCH3 is 3. The number of nitrogens with zero attached hydrogens (tertiary/aromatic N) is 3. The first-order chi connectivity index (χ1) is 35.7. The van der Waals surface area contributed by atoms with E-state index in [1.165, 1.54) is 25.0 Å². The zero-order valence-electron chi connectivity index (χ0n) is 49.6. The molecule has 0 spiro atoms. The van der Waals surface area contributed by atoms with Crippen LogP contribution in [-0.2, 0) is 57.1 Å². The Kier molecular flexibility index (Phi) is 33.8. The van der Waals surface area contributed by atoms with Crippen molar-refractivity contribution in [1.82, 2.24) is 14.7 Å². The van der Waals surface area contributed by atoms with Gasteiger partial charge in [0.1, 0.15) is 36.5 Å². The van der Waals surface area contributed by atoms with Crippen LogP contribution in [-0.4, -0.2) is 179 Å². The number of hydrogen-bond acceptors (Lipinski definition) is 16. The second-order valence-corrected chi connectivity index (χ2v) is 21.9. The van der Waals surface area contributed by atoms with Crippen LogP contribution in [0.15, 0.2) is 60.4 Å². The highest BCUT2D eigenvalue weighted by Gasteiger charge is 2.38. The molecule has 17 atom stereocenters. The maximum Gasteiger partial charge on any atom is 0.331 e. The van der Waals surface area contributed by atoms with Crippen molar-refractivity contribution in [3.63, 3.8) is 0 Å². The first-order valence-corrected chi connectivity index (χ1v) is 27.3. The van der Waals surface area contributed by atoms with Gasteiger partial charge in [-0.1, -0.05) is 91.0 Å². The normalized spacial score (nSPS) is 28.6. The van der Waals surface area contributed by atoms with Gasteiger partial charge in [-0.05, 0) is 104 Å². The molecule has 0 aromatic carbocycles. The largest absolute Gasteiger partial charge is 0.462 e. The maximum absolute atomic E-state index is 13.6. The summed E-state index contributed by atoms with van der Waals surface area (Å²) in [6, 6.07) is -1.23. The highest BCUT2D eigenvalue weighted by molar-refractivity contribution is 5.82. The number of ether oxygens (including phenoxy) is 7. The number of esters is 4. The molecule has 0 saturated carbocycles. The van der Waals surface area contributed by atoms with Crippen LogP contribution in [0.2, 0.25) is 0 Å². The van der Waals surface area contributed by atoms with E-state index in [4.69, 9.17) is 33.2 Å². The van der Waals surface area contributed by atoms with E-state index in [0.29, 0.717) is 32.1 Å². The zero-order chi connectivity index (χ0) is 57.8. The molecule has 0 aromatic heterocycles. The van der Waals surface area contributed by atoms with Crippen LogP contribution in [0.25, 0.3) is 0 Å². The van der Waals surface area contributed by atoms with Crippen molar-refractivity contribution < 1.29 is 67.3 Å². The van der Waals surface area contributed by atoms with Gasteiger partial charge in [-0.3, -0.25) is 29.0 Å². The second kappa shape index (κ2) is 36.8. The molecule has 0 saturated heterocycles. The van der Waals surface area contributed by atoms with E-state index in [1.807, 2.05) is 53.7 Å². The van der Waals surface area contributed by atoms with Crippen molar-refractivity contribution >= 4 is 30.3 Å². The summed E-state index contributed by atoms with van der Waals surface area (Å²) in [5, 5.41) is 23.8. The number of hydrogen-bond donors (Lipinski definition) is 2. The number of amides is 1. The van der Waals surface area contributed by atoms with Gasteiger partial charge < -0.3 is 48.3 Å². The van der Waals surface area contributed by atoms with Crippen LogP contribution in [0.4, 0.5) is 0 Å².